The molecule has 0 bridgehead atoms. The molecule has 0 aliphatic carbocycles. The summed E-state index contributed by atoms with van der Waals surface area (Å²) >= 11 is 0. The van der Waals surface area contributed by atoms with E-state index in [-0.39, 0.29) is 0 Å². The fraction of sp³-hybridized carbons (Fsp3) is 0.444. The number of piperazine rings is 1. The van der Waals surface area contributed by atoms with Gasteiger partial charge in [0.1, 0.15) is 18.2 Å². The van der Waals surface area contributed by atoms with Gasteiger partial charge in [-0.1, -0.05) is 18.2 Å². The Morgan fingerprint density at radius 2 is 1.79 bits per heavy atom. The van der Waals surface area contributed by atoms with Crippen LogP contribution in [0.2, 0.25) is 0 Å². The molecular formula is C18H25N5O. The van der Waals surface area contributed by atoms with E-state index < -0.39 is 0 Å². The van der Waals surface area contributed by atoms with Crippen molar-refractivity contribution in [3.63, 3.8) is 0 Å². The monoisotopic (exact) mass is 327 g/mol. The fourth-order valence-electron chi connectivity index (χ4n) is 2.74. The predicted octanol–water partition coefficient (Wildman–Crippen LogP) is 1.74. The summed E-state index contributed by atoms with van der Waals surface area (Å²) in [5.41, 5.74) is 0. The molecule has 0 spiro atoms. The Bertz CT molecular complexity index is 626. The molecular weight excluding hydrogens is 302 g/mol. The van der Waals surface area contributed by atoms with E-state index in [0.717, 1.165) is 56.8 Å². The van der Waals surface area contributed by atoms with Gasteiger partial charge in [-0.05, 0) is 18.2 Å². The fourth-order valence-corrected chi connectivity index (χ4v) is 2.74. The number of rotatable bonds is 6. The summed E-state index contributed by atoms with van der Waals surface area (Å²) in [6.07, 6.45) is 1.83. The van der Waals surface area contributed by atoms with E-state index in [1.54, 1.807) is 0 Å². The van der Waals surface area contributed by atoms with Crippen molar-refractivity contribution in [3.05, 3.63) is 42.6 Å². The van der Waals surface area contributed by atoms with E-state index in [1.165, 1.54) is 0 Å². The van der Waals surface area contributed by atoms with E-state index in [1.807, 2.05) is 61.6 Å². The van der Waals surface area contributed by atoms with Gasteiger partial charge in [0.25, 0.3) is 0 Å². The van der Waals surface area contributed by atoms with Crippen LogP contribution >= 0.6 is 0 Å². The maximum atomic E-state index is 5.78. The van der Waals surface area contributed by atoms with Crippen LogP contribution in [0.15, 0.2) is 42.6 Å². The lowest BCUT2D eigenvalue weighted by molar-refractivity contribution is 0.200. The van der Waals surface area contributed by atoms with Gasteiger partial charge in [0, 0.05) is 53.0 Å². The number of anilines is 2. The van der Waals surface area contributed by atoms with Crippen LogP contribution in [0.25, 0.3) is 0 Å². The van der Waals surface area contributed by atoms with Gasteiger partial charge in [0.2, 0.25) is 5.95 Å². The van der Waals surface area contributed by atoms with Crippen LogP contribution in [-0.2, 0) is 0 Å². The van der Waals surface area contributed by atoms with Crippen molar-refractivity contribution in [1.29, 1.82) is 0 Å². The van der Waals surface area contributed by atoms with Gasteiger partial charge in [-0.15, -0.1) is 0 Å². The summed E-state index contributed by atoms with van der Waals surface area (Å²) in [5.74, 6) is 2.70. The summed E-state index contributed by atoms with van der Waals surface area (Å²) in [4.78, 5) is 15.6. The van der Waals surface area contributed by atoms with Crippen molar-refractivity contribution < 1.29 is 4.74 Å². The molecule has 0 saturated carbocycles. The summed E-state index contributed by atoms with van der Waals surface area (Å²) < 4.78 is 5.78. The maximum Gasteiger partial charge on any atom is 0.226 e. The van der Waals surface area contributed by atoms with Crippen LogP contribution < -0.4 is 14.5 Å². The molecule has 1 aromatic carbocycles. The van der Waals surface area contributed by atoms with Crippen molar-refractivity contribution >= 4 is 11.8 Å². The number of hydrogen-bond acceptors (Lipinski definition) is 6. The van der Waals surface area contributed by atoms with Crippen molar-refractivity contribution in [2.24, 2.45) is 0 Å². The van der Waals surface area contributed by atoms with Crippen molar-refractivity contribution in [2.45, 2.75) is 0 Å². The molecule has 0 atom stereocenters. The average molecular weight is 327 g/mol. The highest BCUT2D eigenvalue weighted by Gasteiger charge is 2.18. The molecule has 6 heteroatoms. The molecule has 0 unspecified atom stereocenters. The molecule has 2 heterocycles. The zero-order chi connectivity index (χ0) is 16.8. The Morgan fingerprint density at radius 3 is 2.50 bits per heavy atom. The zero-order valence-corrected chi connectivity index (χ0v) is 14.4. The molecule has 1 aromatic heterocycles. The molecule has 0 radical (unpaired) electrons. The summed E-state index contributed by atoms with van der Waals surface area (Å²) in [5, 5.41) is 0. The molecule has 24 heavy (non-hydrogen) atoms. The third kappa shape index (κ3) is 4.35. The van der Waals surface area contributed by atoms with E-state index in [0.29, 0.717) is 0 Å². The first-order valence-corrected chi connectivity index (χ1v) is 8.38. The van der Waals surface area contributed by atoms with Crippen molar-refractivity contribution in [1.82, 2.24) is 14.9 Å². The summed E-state index contributed by atoms with van der Waals surface area (Å²) in [7, 11) is 3.92. The third-order valence-corrected chi connectivity index (χ3v) is 4.14. The van der Waals surface area contributed by atoms with Gasteiger partial charge in [0.15, 0.2) is 0 Å². The Labute approximate surface area is 143 Å². The van der Waals surface area contributed by atoms with E-state index in [9.17, 15) is 0 Å². The molecule has 1 fully saturated rings. The van der Waals surface area contributed by atoms with Gasteiger partial charge < -0.3 is 14.5 Å². The van der Waals surface area contributed by atoms with Crippen LogP contribution in [-0.4, -0.2) is 68.3 Å². The number of ether oxygens (including phenoxy) is 1. The minimum atomic E-state index is 0.725. The molecule has 1 saturated heterocycles. The standard InChI is InChI=1S/C18H25N5O/c1-21(2)18-19-9-8-17(20-18)23-12-10-22(11-13-23)14-15-24-16-6-4-3-5-7-16/h3-9H,10-15H2,1-2H3. The average Bonchev–Trinajstić information content (AvgIpc) is 2.63. The zero-order valence-electron chi connectivity index (χ0n) is 14.4. The van der Waals surface area contributed by atoms with Gasteiger partial charge in [0.05, 0.1) is 0 Å². The Hall–Kier alpha value is -2.34. The smallest absolute Gasteiger partial charge is 0.226 e. The molecule has 1 aliphatic rings. The quantitative estimate of drug-likeness (QED) is 0.805. The second kappa shape index (κ2) is 7.97. The summed E-state index contributed by atoms with van der Waals surface area (Å²) in [6.45, 7) is 5.70. The van der Waals surface area contributed by atoms with E-state index >= 15 is 0 Å². The van der Waals surface area contributed by atoms with Gasteiger partial charge >= 0.3 is 0 Å². The first-order valence-electron chi connectivity index (χ1n) is 8.38. The first kappa shape index (κ1) is 16.5. The lowest BCUT2D eigenvalue weighted by atomic mass is 10.3. The number of hydrogen-bond donors (Lipinski definition) is 0. The number of nitrogens with zero attached hydrogens (tertiary/aromatic N) is 5. The number of para-hydroxylation sites is 1. The second-order valence-corrected chi connectivity index (χ2v) is 6.10. The SMILES string of the molecule is CN(C)c1nccc(N2CCN(CCOc3ccccc3)CC2)n1. The van der Waals surface area contributed by atoms with E-state index in [4.69, 9.17) is 4.74 Å². The van der Waals surface area contributed by atoms with Crippen LogP contribution in [0.5, 0.6) is 5.75 Å². The highest BCUT2D eigenvalue weighted by molar-refractivity contribution is 5.43. The van der Waals surface area contributed by atoms with Crippen LogP contribution in [0.3, 0.4) is 0 Å². The molecule has 1 aliphatic heterocycles. The third-order valence-electron chi connectivity index (χ3n) is 4.14. The van der Waals surface area contributed by atoms with Crippen LogP contribution in [0.1, 0.15) is 0 Å². The lowest BCUT2D eigenvalue weighted by Gasteiger charge is -2.35. The number of aromatic nitrogens is 2. The molecule has 6 nitrogen and oxygen atoms in total. The van der Waals surface area contributed by atoms with Gasteiger partial charge in [-0.25, -0.2) is 4.98 Å². The van der Waals surface area contributed by atoms with Gasteiger partial charge in [-0.2, -0.15) is 4.98 Å². The highest BCUT2D eigenvalue weighted by atomic mass is 16.5. The Balaban J connectivity index is 1.45. The maximum absolute atomic E-state index is 5.78. The molecule has 2 aromatic rings. The Morgan fingerprint density at radius 1 is 1.04 bits per heavy atom. The van der Waals surface area contributed by atoms with Crippen LogP contribution in [0.4, 0.5) is 11.8 Å². The predicted molar refractivity (Wildman–Crippen MR) is 96.9 cm³/mol. The van der Waals surface area contributed by atoms with E-state index in [2.05, 4.69) is 19.8 Å². The largest absolute Gasteiger partial charge is 0.492 e. The molecule has 3 rings (SSSR count). The topological polar surface area (TPSA) is 44.7 Å². The summed E-state index contributed by atoms with van der Waals surface area (Å²) in [6, 6.07) is 12.0. The van der Waals surface area contributed by atoms with Crippen molar-refractivity contribution in [2.75, 3.05) is 63.2 Å². The Kier molecular flexibility index (Phi) is 5.48. The highest BCUT2D eigenvalue weighted by Crippen LogP contribution is 2.16. The number of benzene rings is 1. The normalized spacial score (nSPS) is 15.3. The minimum absolute atomic E-state index is 0.725. The first-order chi connectivity index (χ1) is 11.7. The minimum Gasteiger partial charge on any atom is -0.492 e. The van der Waals surface area contributed by atoms with Crippen LogP contribution in [0, 0.1) is 0 Å². The van der Waals surface area contributed by atoms with Crippen molar-refractivity contribution in [3.8, 4) is 5.75 Å². The van der Waals surface area contributed by atoms with Gasteiger partial charge in [-0.3, -0.25) is 4.90 Å². The molecule has 128 valence electrons. The lowest BCUT2D eigenvalue weighted by Crippen LogP contribution is -2.47. The second-order valence-electron chi connectivity index (χ2n) is 6.10. The molecule has 0 N–H and O–H groups in total. The molecule has 0 amide bonds.